The lowest BCUT2D eigenvalue weighted by Crippen LogP contribution is -2.50. The number of ketones is 1. The fraction of sp³-hybridized carbons (Fsp3) is 0.286. The number of anilines is 1. The third-order valence-corrected chi connectivity index (χ3v) is 9.22. The highest BCUT2D eigenvalue weighted by Crippen LogP contribution is 2.49. The molecule has 0 bridgehead atoms. The minimum atomic E-state index is 0.0785. The van der Waals surface area contributed by atoms with Gasteiger partial charge in [0.15, 0.2) is 5.78 Å². The summed E-state index contributed by atoms with van der Waals surface area (Å²) in [5.74, 6) is 0.181. The van der Waals surface area contributed by atoms with Crippen LogP contribution in [0.1, 0.15) is 28.3 Å². The van der Waals surface area contributed by atoms with Crippen molar-refractivity contribution in [2.45, 2.75) is 17.7 Å². The molecular formula is C28H29N3OS2. The number of benzene rings is 2. The fourth-order valence-electron chi connectivity index (χ4n) is 4.88. The van der Waals surface area contributed by atoms with Crippen molar-refractivity contribution >= 4 is 35.0 Å². The Morgan fingerprint density at radius 2 is 1.65 bits per heavy atom. The Kier molecular flexibility index (Phi) is 7.38. The van der Waals surface area contributed by atoms with Crippen LogP contribution < -0.4 is 4.90 Å². The predicted molar refractivity (Wildman–Crippen MR) is 145 cm³/mol. The van der Waals surface area contributed by atoms with E-state index in [1.54, 1.807) is 24.2 Å². The number of para-hydroxylation sites is 1. The van der Waals surface area contributed by atoms with Crippen LogP contribution in [0.25, 0.3) is 0 Å². The Bertz CT molecular complexity index is 1130. The summed E-state index contributed by atoms with van der Waals surface area (Å²) in [5.41, 5.74) is 4.11. The number of piperazine rings is 1. The zero-order chi connectivity index (χ0) is 23.3. The molecule has 2 aromatic carbocycles. The Morgan fingerprint density at radius 1 is 0.941 bits per heavy atom. The van der Waals surface area contributed by atoms with Crippen molar-refractivity contribution in [2.24, 2.45) is 0 Å². The van der Waals surface area contributed by atoms with E-state index in [0.717, 1.165) is 42.4 Å². The Labute approximate surface area is 210 Å². The molecule has 1 aromatic heterocycles. The quantitative estimate of drug-likeness (QED) is 0.403. The summed E-state index contributed by atoms with van der Waals surface area (Å²) < 4.78 is 1.14. The van der Waals surface area contributed by atoms with E-state index in [9.17, 15) is 4.79 Å². The van der Waals surface area contributed by atoms with Gasteiger partial charge in [-0.3, -0.25) is 14.7 Å². The number of hydrogen-bond acceptors (Lipinski definition) is 6. The van der Waals surface area contributed by atoms with Crippen molar-refractivity contribution in [1.29, 1.82) is 0 Å². The van der Waals surface area contributed by atoms with Crippen LogP contribution in [0.4, 0.5) is 5.69 Å². The lowest BCUT2D eigenvalue weighted by molar-refractivity contribution is 0.102. The van der Waals surface area contributed by atoms with E-state index in [2.05, 4.69) is 75.6 Å². The highest BCUT2D eigenvalue weighted by atomic mass is 32.2. The predicted octanol–water partition coefficient (Wildman–Crippen LogP) is 5.91. The van der Waals surface area contributed by atoms with Gasteiger partial charge in [-0.05, 0) is 42.5 Å². The van der Waals surface area contributed by atoms with Crippen LogP contribution in [0.5, 0.6) is 0 Å². The molecule has 0 saturated carbocycles. The maximum Gasteiger partial charge on any atom is 0.192 e. The first-order valence-corrected chi connectivity index (χ1v) is 13.8. The van der Waals surface area contributed by atoms with Crippen LogP contribution in [0, 0.1) is 0 Å². The van der Waals surface area contributed by atoms with E-state index in [0.29, 0.717) is 10.9 Å². The number of rotatable bonds is 6. The highest BCUT2D eigenvalue weighted by Gasteiger charge is 2.38. The molecule has 6 heteroatoms. The number of carbonyl (C=O) groups excluding carboxylic acids is 1. The first-order chi connectivity index (χ1) is 16.7. The average Bonchev–Trinajstić information content (AvgIpc) is 2.93. The fourth-order valence-corrected chi connectivity index (χ4v) is 7.31. The molecule has 3 aromatic rings. The van der Waals surface area contributed by atoms with Gasteiger partial charge >= 0.3 is 0 Å². The van der Waals surface area contributed by atoms with E-state index in [1.807, 2.05) is 30.0 Å². The number of aromatic nitrogens is 1. The molecular weight excluding hydrogens is 458 g/mol. The molecule has 0 aliphatic carbocycles. The van der Waals surface area contributed by atoms with Crippen molar-refractivity contribution < 1.29 is 4.79 Å². The van der Waals surface area contributed by atoms with Gasteiger partial charge in [0.1, 0.15) is 0 Å². The molecule has 5 rings (SSSR count). The molecule has 174 valence electrons. The molecule has 3 heterocycles. The summed E-state index contributed by atoms with van der Waals surface area (Å²) in [6, 6.07) is 24.9. The van der Waals surface area contributed by atoms with Gasteiger partial charge < -0.3 is 4.90 Å². The summed E-state index contributed by atoms with van der Waals surface area (Å²) in [6.07, 6.45) is 6.44. The van der Waals surface area contributed by atoms with Crippen LogP contribution in [-0.2, 0) is 0 Å². The summed E-state index contributed by atoms with van der Waals surface area (Å²) in [7, 11) is 0. The molecule has 2 unspecified atom stereocenters. The Balaban J connectivity index is 1.41. The number of pyridine rings is 1. The molecule has 0 radical (unpaired) electrons. The van der Waals surface area contributed by atoms with Crippen molar-refractivity contribution in [2.75, 3.05) is 37.3 Å². The second-order valence-corrected chi connectivity index (χ2v) is 10.9. The SMILES string of the molecule is CSC1=C(C(=O)c2cccnc2)C(c2ccccc2)CC(N2CCN(c3ccccc3)CC2)S1. The third kappa shape index (κ3) is 4.95. The average molecular weight is 488 g/mol. The van der Waals surface area contributed by atoms with Crippen LogP contribution in [0.3, 0.4) is 0 Å². The standard InChI is InChI=1S/C28H29N3OS2/c1-33-28-26(27(32)22-11-8-14-29-20-22)24(21-9-4-2-5-10-21)19-25(34-28)31-17-15-30(16-18-31)23-12-6-3-7-13-23/h2-14,20,24-25H,15-19H2,1H3. The minimum Gasteiger partial charge on any atom is -0.369 e. The van der Waals surface area contributed by atoms with Gasteiger partial charge in [0, 0.05) is 65.6 Å². The number of thioether (sulfide) groups is 2. The number of allylic oxidation sites excluding steroid dienone is 1. The topological polar surface area (TPSA) is 36.4 Å². The van der Waals surface area contributed by atoms with Crippen molar-refractivity contribution in [3.63, 3.8) is 0 Å². The normalized spacial score (nSPS) is 21.5. The zero-order valence-electron chi connectivity index (χ0n) is 19.3. The smallest absolute Gasteiger partial charge is 0.192 e. The molecule has 0 spiro atoms. The molecule has 1 saturated heterocycles. The third-order valence-electron chi connectivity index (χ3n) is 6.65. The molecule has 1 fully saturated rings. The number of Topliss-reactive ketones (excluding diaryl/α,β-unsaturated/α-hetero) is 1. The summed E-state index contributed by atoms with van der Waals surface area (Å²) in [5, 5.41) is 0.357. The second kappa shape index (κ2) is 10.8. The lowest BCUT2D eigenvalue weighted by Gasteiger charge is -2.43. The lowest BCUT2D eigenvalue weighted by atomic mass is 9.84. The molecule has 34 heavy (non-hydrogen) atoms. The zero-order valence-corrected chi connectivity index (χ0v) is 21.0. The Hall–Kier alpha value is -2.54. The van der Waals surface area contributed by atoms with Crippen LogP contribution in [0.2, 0.25) is 0 Å². The van der Waals surface area contributed by atoms with Crippen molar-refractivity contribution in [1.82, 2.24) is 9.88 Å². The second-order valence-electron chi connectivity index (χ2n) is 8.61. The van der Waals surface area contributed by atoms with Gasteiger partial charge in [0.05, 0.1) is 5.37 Å². The molecule has 2 aliphatic rings. The number of nitrogens with zero attached hydrogens (tertiary/aromatic N) is 3. The van der Waals surface area contributed by atoms with Crippen LogP contribution in [0.15, 0.2) is 95.0 Å². The maximum atomic E-state index is 13.7. The first kappa shape index (κ1) is 23.2. The Morgan fingerprint density at radius 3 is 2.29 bits per heavy atom. The summed E-state index contributed by atoms with van der Waals surface area (Å²) >= 11 is 3.58. The van der Waals surface area contributed by atoms with Crippen LogP contribution >= 0.6 is 23.5 Å². The van der Waals surface area contributed by atoms with E-state index in [4.69, 9.17) is 0 Å². The van der Waals surface area contributed by atoms with Gasteiger partial charge in [-0.1, -0.05) is 60.3 Å². The van der Waals surface area contributed by atoms with Gasteiger partial charge in [0.2, 0.25) is 0 Å². The molecule has 0 N–H and O–H groups in total. The van der Waals surface area contributed by atoms with Gasteiger partial charge in [0.25, 0.3) is 0 Å². The largest absolute Gasteiger partial charge is 0.369 e. The van der Waals surface area contributed by atoms with E-state index < -0.39 is 0 Å². The number of hydrogen-bond donors (Lipinski definition) is 0. The molecule has 2 atom stereocenters. The number of carbonyl (C=O) groups is 1. The molecule has 4 nitrogen and oxygen atoms in total. The molecule has 0 amide bonds. The monoisotopic (exact) mass is 487 g/mol. The highest BCUT2D eigenvalue weighted by molar-refractivity contribution is 8.22. The summed E-state index contributed by atoms with van der Waals surface area (Å²) in [6.45, 7) is 4.11. The summed E-state index contributed by atoms with van der Waals surface area (Å²) in [4.78, 5) is 23.0. The van der Waals surface area contributed by atoms with Crippen LogP contribution in [-0.4, -0.2) is 53.5 Å². The van der Waals surface area contributed by atoms with Gasteiger partial charge in [-0.15, -0.1) is 11.8 Å². The van der Waals surface area contributed by atoms with Gasteiger partial charge in [-0.2, -0.15) is 0 Å². The van der Waals surface area contributed by atoms with E-state index in [1.165, 1.54) is 11.3 Å². The minimum absolute atomic E-state index is 0.0785. The van der Waals surface area contributed by atoms with Crippen molar-refractivity contribution in [3.8, 4) is 0 Å². The maximum absolute atomic E-state index is 13.7. The molecule has 2 aliphatic heterocycles. The van der Waals surface area contributed by atoms with Crippen molar-refractivity contribution in [3.05, 3.63) is 106 Å². The first-order valence-electron chi connectivity index (χ1n) is 11.7. The van der Waals surface area contributed by atoms with E-state index >= 15 is 0 Å². The van der Waals surface area contributed by atoms with E-state index in [-0.39, 0.29) is 11.7 Å². The van der Waals surface area contributed by atoms with Gasteiger partial charge in [-0.25, -0.2) is 0 Å².